The molecule has 2 aromatic rings. The van der Waals surface area contributed by atoms with Crippen LogP contribution in [0.4, 0.5) is 0 Å². The Balaban J connectivity index is 1.13. The van der Waals surface area contributed by atoms with Crippen LogP contribution in [0.25, 0.3) is 0 Å². The zero-order chi connectivity index (χ0) is 27.2. The highest BCUT2D eigenvalue weighted by molar-refractivity contribution is 5.97. The Labute approximate surface area is 229 Å². The van der Waals surface area contributed by atoms with E-state index in [1.54, 1.807) is 29.2 Å². The maximum absolute atomic E-state index is 13.0. The summed E-state index contributed by atoms with van der Waals surface area (Å²) in [5, 5.41) is 7.94. The van der Waals surface area contributed by atoms with Gasteiger partial charge in [-0.25, -0.2) is 4.79 Å². The van der Waals surface area contributed by atoms with Crippen LogP contribution in [0.5, 0.6) is 0 Å². The van der Waals surface area contributed by atoms with Gasteiger partial charge in [-0.05, 0) is 68.2 Å². The van der Waals surface area contributed by atoms with Crippen molar-refractivity contribution in [2.45, 2.75) is 52.0 Å². The van der Waals surface area contributed by atoms with Crippen molar-refractivity contribution in [2.75, 3.05) is 52.7 Å². The van der Waals surface area contributed by atoms with Crippen LogP contribution in [0, 0.1) is 5.41 Å². The molecule has 2 fully saturated rings. The number of hydrogen-bond donors (Lipinski definition) is 1. The van der Waals surface area contributed by atoms with Crippen LogP contribution >= 0.6 is 0 Å². The van der Waals surface area contributed by atoms with Crippen LogP contribution in [0.15, 0.2) is 24.3 Å². The summed E-state index contributed by atoms with van der Waals surface area (Å²) in [4.78, 5) is 39.9. The number of unbranched alkanes of at least 4 members (excludes halogenated alkanes) is 1. The summed E-state index contributed by atoms with van der Waals surface area (Å²) in [7, 11) is 0. The number of carbonyl (C=O) groups is 3. The zero-order valence-corrected chi connectivity index (χ0v) is 22.7. The average molecular weight is 539 g/mol. The monoisotopic (exact) mass is 538 g/mol. The molecule has 39 heavy (non-hydrogen) atoms. The Morgan fingerprint density at radius 3 is 2.44 bits per heavy atom. The molecule has 5 rings (SSSR count). The van der Waals surface area contributed by atoms with Gasteiger partial charge in [0.1, 0.15) is 0 Å². The maximum atomic E-state index is 13.0. The number of nitrogens with one attached hydrogen (secondary N) is 1. The van der Waals surface area contributed by atoms with Gasteiger partial charge in [0.2, 0.25) is 0 Å². The van der Waals surface area contributed by atoms with Crippen molar-refractivity contribution in [3.05, 3.63) is 52.3 Å². The highest BCUT2D eigenvalue weighted by Crippen LogP contribution is 2.37. The third-order valence-electron chi connectivity index (χ3n) is 8.08. The number of carbonyl (C=O) groups excluding carboxylic acids is 3. The second-order valence-electron chi connectivity index (χ2n) is 10.6. The number of fused-ring (bicyclic) bond motifs is 1. The summed E-state index contributed by atoms with van der Waals surface area (Å²) in [6.07, 6.45) is 4.83. The molecule has 0 unspecified atom stereocenters. The fourth-order valence-corrected chi connectivity index (χ4v) is 5.67. The predicted octanol–water partition coefficient (Wildman–Crippen LogP) is 2.64. The topological polar surface area (TPSA) is 112 Å². The van der Waals surface area contributed by atoms with Gasteiger partial charge in [0.05, 0.1) is 42.3 Å². The quantitative estimate of drug-likeness (QED) is 0.406. The fraction of sp³-hybridized carbons (Fsp3) is 0.586. The molecule has 4 heterocycles. The van der Waals surface area contributed by atoms with Crippen molar-refractivity contribution >= 4 is 17.8 Å². The number of morpholine rings is 1. The first kappa shape index (κ1) is 27.3. The van der Waals surface area contributed by atoms with Crippen molar-refractivity contribution < 1.29 is 28.6 Å². The summed E-state index contributed by atoms with van der Waals surface area (Å²) in [5.41, 5.74) is 3.59. The zero-order valence-electron chi connectivity index (χ0n) is 22.7. The van der Waals surface area contributed by atoms with Gasteiger partial charge >= 0.3 is 5.97 Å². The van der Waals surface area contributed by atoms with Crippen LogP contribution in [-0.2, 0) is 33.6 Å². The second kappa shape index (κ2) is 12.3. The SMILES string of the molecule is CCc1nn(CCCCOC(=O)c2ccc(C(=O)N3CCOCC3)cc2)c2c1C(=O)NCC1(CCOCC1)C2. The van der Waals surface area contributed by atoms with Gasteiger partial charge < -0.3 is 24.4 Å². The summed E-state index contributed by atoms with van der Waals surface area (Å²) < 4.78 is 18.4. The molecule has 2 saturated heterocycles. The maximum Gasteiger partial charge on any atom is 0.338 e. The summed E-state index contributed by atoms with van der Waals surface area (Å²) in [6.45, 7) is 7.34. The van der Waals surface area contributed by atoms with E-state index in [4.69, 9.17) is 19.3 Å². The minimum absolute atomic E-state index is 0.0137. The molecule has 0 aliphatic carbocycles. The van der Waals surface area contributed by atoms with E-state index in [1.165, 1.54) is 0 Å². The molecule has 0 bridgehead atoms. The van der Waals surface area contributed by atoms with Crippen LogP contribution < -0.4 is 5.32 Å². The number of amides is 2. The van der Waals surface area contributed by atoms with Crippen molar-refractivity contribution in [1.29, 1.82) is 0 Å². The standard InChI is InChI=1S/C29H38N4O6/c1-2-23-25-24(19-29(20-30-26(25)34)9-15-37-16-10-29)33(31-23)11-3-4-14-39-28(36)22-7-5-21(6-8-22)27(35)32-12-17-38-18-13-32/h5-8H,2-4,9-20H2,1H3,(H,30,34). The molecule has 1 aromatic heterocycles. The molecule has 10 heteroatoms. The number of esters is 1. The van der Waals surface area contributed by atoms with Gasteiger partial charge in [0, 0.05) is 45.0 Å². The van der Waals surface area contributed by atoms with Gasteiger partial charge in [-0.15, -0.1) is 0 Å². The number of benzene rings is 1. The molecule has 1 aromatic carbocycles. The minimum atomic E-state index is -0.403. The van der Waals surface area contributed by atoms with Crippen molar-refractivity contribution in [3.63, 3.8) is 0 Å². The third kappa shape index (κ3) is 6.17. The van der Waals surface area contributed by atoms with Crippen LogP contribution in [0.3, 0.4) is 0 Å². The average Bonchev–Trinajstić information content (AvgIpc) is 3.26. The van der Waals surface area contributed by atoms with Crippen LogP contribution in [0.2, 0.25) is 0 Å². The number of aryl methyl sites for hydroxylation is 2. The number of aromatic nitrogens is 2. The van der Waals surface area contributed by atoms with Gasteiger partial charge in [-0.3, -0.25) is 14.3 Å². The van der Waals surface area contributed by atoms with Gasteiger partial charge in [-0.2, -0.15) is 5.10 Å². The predicted molar refractivity (Wildman–Crippen MR) is 143 cm³/mol. The molecule has 2 amide bonds. The van der Waals surface area contributed by atoms with E-state index >= 15 is 0 Å². The van der Waals surface area contributed by atoms with Crippen molar-refractivity contribution in [2.24, 2.45) is 5.41 Å². The van der Waals surface area contributed by atoms with E-state index < -0.39 is 5.97 Å². The first-order chi connectivity index (χ1) is 19.0. The van der Waals surface area contributed by atoms with E-state index in [0.717, 1.165) is 55.8 Å². The van der Waals surface area contributed by atoms with Crippen molar-refractivity contribution in [1.82, 2.24) is 20.0 Å². The van der Waals surface area contributed by atoms with E-state index in [9.17, 15) is 14.4 Å². The number of rotatable bonds is 8. The van der Waals surface area contributed by atoms with E-state index in [1.807, 2.05) is 11.6 Å². The van der Waals surface area contributed by atoms with E-state index in [2.05, 4.69) is 5.32 Å². The number of nitrogens with zero attached hydrogens (tertiary/aromatic N) is 3. The Hall–Kier alpha value is -3.24. The third-order valence-corrected chi connectivity index (χ3v) is 8.08. The lowest BCUT2D eigenvalue weighted by Gasteiger charge is -2.36. The molecule has 210 valence electrons. The lowest BCUT2D eigenvalue weighted by atomic mass is 9.76. The molecule has 3 aliphatic heterocycles. The molecule has 1 spiro atoms. The summed E-state index contributed by atoms with van der Waals surface area (Å²) in [5.74, 6) is -0.482. The van der Waals surface area contributed by atoms with Crippen molar-refractivity contribution in [3.8, 4) is 0 Å². The lowest BCUT2D eigenvalue weighted by Crippen LogP contribution is -2.40. The van der Waals surface area contributed by atoms with Gasteiger partial charge in [-0.1, -0.05) is 6.92 Å². The smallest absolute Gasteiger partial charge is 0.338 e. The molecule has 10 nitrogen and oxygen atoms in total. The van der Waals surface area contributed by atoms with Gasteiger partial charge in [0.15, 0.2) is 0 Å². The Morgan fingerprint density at radius 2 is 1.72 bits per heavy atom. The molecule has 1 N–H and O–H groups in total. The summed E-state index contributed by atoms with van der Waals surface area (Å²) >= 11 is 0. The van der Waals surface area contributed by atoms with E-state index in [0.29, 0.717) is 70.0 Å². The number of hydrogen-bond acceptors (Lipinski definition) is 7. The highest BCUT2D eigenvalue weighted by Gasteiger charge is 2.39. The Kier molecular flexibility index (Phi) is 8.62. The highest BCUT2D eigenvalue weighted by atomic mass is 16.5. The first-order valence-corrected chi connectivity index (χ1v) is 14.1. The molecule has 3 aliphatic rings. The molecular formula is C29H38N4O6. The molecular weight excluding hydrogens is 500 g/mol. The first-order valence-electron chi connectivity index (χ1n) is 14.1. The second-order valence-corrected chi connectivity index (χ2v) is 10.6. The molecule has 0 radical (unpaired) electrons. The normalized spacial score (nSPS) is 18.8. The Morgan fingerprint density at radius 1 is 1.03 bits per heavy atom. The van der Waals surface area contributed by atoms with Gasteiger partial charge in [0.25, 0.3) is 11.8 Å². The minimum Gasteiger partial charge on any atom is -0.462 e. The fourth-order valence-electron chi connectivity index (χ4n) is 5.67. The Bertz CT molecular complexity index is 1180. The van der Waals surface area contributed by atoms with Crippen LogP contribution in [0.1, 0.15) is 75.1 Å². The summed E-state index contributed by atoms with van der Waals surface area (Å²) in [6, 6.07) is 6.62. The molecule has 0 saturated carbocycles. The molecule has 0 atom stereocenters. The number of ether oxygens (including phenoxy) is 3. The largest absolute Gasteiger partial charge is 0.462 e. The van der Waals surface area contributed by atoms with E-state index in [-0.39, 0.29) is 17.2 Å². The van der Waals surface area contributed by atoms with Crippen LogP contribution in [-0.4, -0.2) is 85.1 Å². The lowest BCUT2D eigenvalue weighted by molar-refractivity contribution is 0.0152.